The Morgan fingerprint density at radius 1 is 0.974 bits per heavy atom. The van der Waals surface area contributed by atoms with Crippen LogP contribution in [-0.4, -0.2) is 80.7 Å². The van der Waals surface area contributed by atoms with E-state index >= 15 is 0 Å². The first kappa shape index (κ1) is 30.3. The number of carboxylic acids is 2. The number of carboxylic acid groups (broad SMARTS) is 2. The smallest absolute Gasteiger partial charge is 0.326 e. The van der Waals surface area contributed by atoms with Crippen LogP contribution in [0.4, 0.5) is 0 Å². The zero-order valence-corrected chi connectivity index (χ0v) is 21.3. The van der Waals surface area contributed by atoms with Crippen molar-refractivity contribution >= 4 is 40.6 Å². The highest BCUT2D eigenvalue weighted by molar-refractivity contribution is 5.94. The molecule has 0 bridgehead atoms. The van der Waals surface area contributed by atoms with Gasteiger partial charge in [0.15, 0.2) is 0 Å². The molecule has 2 rings (SSSR count). The molecule has 0 aliphatic heterocycles. The van der Waals surface area contributed by atoms with Gasteiger partial charge in [-0.15, -0.1) is 0 Å². The minimum atomic E-state index is -1.35. The molecular weight excluding hydrogens is 498 g/mol. The molecule has 3 amide bonds. The fourth-order valence-electron chi connectivity index (χ4n) is 3.84. The highest BCUT2D eigenvalue weighted by Crippen LogP contribution is 2.19. The Kier molecular flexibility index (Phi) is 11.2. The molecule has 1 aromatic heterocycles. The number of carbonyl (C=O) groups is 5. The van der Waals surface area contributed by atoms with Crippen molar-refractivity contribution in [2.45, 2.75) is 63.7 Å². The van der Waals surface area contributed by atoms with E-state index in [-0.39, 0.29) is 12.8 Å². The van der Waals surface area contributed by atoms with Crippen LogP contribution in [0.5, 0.6) is 0 Å². The second kappa shape index (κ2) is 14.1. The number of carbonyl (C=O) groups excluding carboxylic acids is 3. The van der Waals surface area contributed by atoms with E-state index in [0.717, 1.165) is 10.9 Å². The van der Waals surface area contributed by atoms with Gasteiger partial charge < -0.3 is 42.0 Å². The van der Waals surface area contributed by atoms with Gasteiger partial charge in [-0.1, -0.05) is 38.5 Å². The average Bonchev–Trinajstić information content (AvgIpc) is 3.30. The zero-order valence-electron chi connectivity index (χ0n) is 21.3. The van der Waals surface area contributed by atoms with E-state index in [1.165, 1.54) is 0 Å². The molecule has 13 nitrogen and oxygen atoms in total. The molecular formula is C25H35N5O8. The Labute approximate surface area is 219 Å². The second-order valence-corrected chi connectivity index (χ2v) is 9.12. The lowest BCUT2D eigenvalue weighted by atomic mass is 9.96. The van der Waals surface area contributed by atoms with Crippen molar-refractivity contribution in [2.24, 2.45) is 11.7 Å². The fraction of sp³-hybridized carbons (Fsp3) is 0.480. The number of nitrogens with two attached hydrogens (primary N) is 1. The Morgan fingerprint density at radius 2 is 1.63 bits per heavy atom. The highest BCUT2D eigenvalue weighted by atomic mass is 16.4. The van der Waals surface area contributed by atoms with E-state index in [1.807, 2.05) is 24.3 Å². The third kappa shape index (κ3) is 8.28. The second-order valence-electron chi connectivity index (χ2n) is 9.12. The van der Waals surface area contributed by atoms with Crippen LogP contribution in [0, 0.1) is 5.92 Å². The lowest BCUT2D eigenvalue weighted by Gasteiger charge is -2.28. The highest BCUT2D eigenvalue weighted by Gasteiger charge is 2.33. The van der Waals surface area contributed by atoms with Gasteiger partial charge in [0.2, 0.25) is 17.7 Å². The van der Waals surface area contributed by atoms with E-state index in [4.69, 9.17) is 15.9 Å². The van der Waals surface area contributed by atoms with Gasteiger partial charge in [0.1, 0.15) is 24.2 Å². The minimum Gasteiger partial charge on any atom is -0.481 e. The van der Waals surface area contributed by atoms with Crippen molar-refractivity contribution in [3.8, 4) is 0 Å². The quantitative estimate of drug-likeness (QED) is 0.147. The molecule has 13 heteroatoms. The first-order chi connectivity index (χ1) is 18.0. The molecule has 0 saturated carbocycles. The molecule has 0 saturated heterocycles. The molecule has 5 unspecified atom stereocenters. The lowest BCUT2D eigenvalue weighted by Crippen LogP contribution is -2.59. The molecule has 9 N–H and O–H groups in total. The first-order valence-electron chi connectivity index (χ1n) is 12.3. The summed E-state index contributed by atoms with van der Waals surface area (Å²) >= 11 is 0. The molecule has 0 aliphatic rings. The van der Waals surface area contributed by atoms with Crippen LogP contribution in [0.25, 0.3) is 10.9 Å². The normalized spacial score (nSPS) is 15.1. The molecule has 1 heterocycles. The molecule has 1 aromatic carbocycles. The molecule has 208 valence electrons. The van der Waals surface area contributed by atoms with Gasteiger partial charge in [-0.2, -0.15) is 0 Å². The zero-order chi connectivity index (χ0) is 28.4. The Hall–Kier alpha value is -3.97. The third-order valence-corrected chi connectivity index (χ3v) is 6.32. The largest absolute Gasteiger partial charge is 0.481 e. The summed E-state index contributed by atoms with van der Waals surface area (Å²) in [6.07, 6.45) is 1.35. The summed E-state index contributed by atoms with van der Waals surface area (Å²) in [5.41, 5.74) is 6.99. The van der Waals surface area contributed by atoms with Crippen LogP contribution in [0.15, 0.2) is 30.5 Å². The van der Waals surface area contributed by atoms with Gasteiger partial charge in [0.25, 0.3) is 0 Å². The maximum atomic E-state index is 13.2. The van der Waals surface area contributed by atoms with Crippen LogP contribution >= 0.6 is 0 Å². The topological polar surface area (TPSA) is 224 Å². The van der Waals surface area contributed by atoms with E-state index < -0.39 is 72.8 Å². The lowest BCUT2D eigenvalue weighted by molar-refractivity contribution is -0.142. The van der Waals surface area contributed by atoms with Crippen LogP contribution in [0.2, 0.25) is 0 Å². The minimum absolute atomic E-state index is 0.0113. The summed E-state index contributed by atoms with van der Waals surface area (Å²) in [6, 6.07) is 2.18. The summed E-state index contributed by atoms with van der Waals surface area (Å²) in [6.45, 7) is 2.78. The van der Waals surface area contributed by atoms with Crippen LogP contribution in [0.1, 0.15) is 38.7 Å². The van der Waals surface area contributed by atoms with Crippen molar-refractivity contribution in [3.05, 3.63) is 36.0 Å². The standard InChI is InChI=1S/C25H35N5O8/c1-3-13(2)21(30-23(35)18(8-9-20(32)33)28-22(34)16(26)12-31)24(36)29-19(25(37)38)10-14-11-27-17-7-5-4-6-15(14)17/h4-7,11,13,16,18-19,21,27,31H,3,8-10,12,26H2,1-2H3,(H,28,34)(H,29,36)(H,30,35)(H,32,33)(H,37,38). The molecule has 0 aliphatic carbocycles. The maximum absolute atomic E-state index is 13.2. The molecule has 38 heavy (non-hydrogen) atoms. The number of fused-ring (bicyclic) bond motifs is 1. The van der Waals surface area contributed by atoms with Gasteiger partial charge >= 0.3 is 11.9 Å². The van der Waals surface area contributed by atoms with Gasteiger partial charge in [-0.05, 0) is 24.0 Å². The molecule has 0 fully saturated rings. The maximum Gasteiger partial charge on any atom is 0.326 e. The fourth-order valence-corrected chi connectivity index (χ4v) is 3.84. The summed E-state index contributed by atoms with van der Waals surface area (Å²) in [5, 5.41) is 36.0. The Bertz CT molecular complexity index is 1150. The van der Waals surface area contributed by atoms with Crippen molar-refractivity contribution in [2.75, 3.05) is 6.61 Å². The van der Waals surface area contributed by atoms with Gasteiger partial charge in [0.05, 0.1) is 6.61 Å². The number of aromatic amines is 1. The average molecular weight is 534 g/mol. The Morgan fingerprint density at radius 3 is 2.24 bits per heavy atom. The number of aromatic nitrogens is 1. The van der Waals surface area contributed by atoms with Crippen LogP contribution in [-0.2, 0) is 30.4 Å². The SMILES string of the molecule is CCC(C)C(NC(=O)C(CCC(=O)O)NC(=O)C(N)CO)C(=O)NC(Cc1c[nH]c2ccccc12)C(=O)O. The van der Waals surface area contributed by atoms with E-state index in [1.54, 1.807) is 20.0 Å². The van der Waals surface area contributed by atoms with E-state index in [2.05, 4.69) is 20.9 Å². The number of benzene rings is 1. The summed E-state index contributed by atoms with van der Waals surface area (Å²) in [4.78, 5) is 64.5. The number of H-pyrrole nitrogens is 1. The molecule has 0 spiro atoms. The van der Waals surface area contributed by atoms with E-state index in [9.17, 15) is 29.1 Å². The Balaban J connectivity index is 2.21. The molecule has 2 aromatic rings. The van der Waals surface area contributed by atoms with Gasteiger partial charge in [-0.3, -0.25) is 19.2 Å². The number of para-hydroxylation sites is 1. The third-order valence-electron chi connectivity index (χ3n) is 6.32. The number of nitrogens with one attached hydrogen (secondary N) is 4. The van der Waals surface area contributed by atoms with Crippen molar-refractivity contribution < 1.29 is 39.3 Å². The number of aliphatic carboxylic acids is 2. The predicted octanol–water partition coefficient (Wildman–Crippen LogP) is -0.520. The number of hydrogen-bond acceptors (Lipinski definition) is 7. The van der Waals surface area contributed by atoms with Crippen molar-refractivity contribution in [1.29, 1.82) is 0 Å². The van der Waals surface area contributed by atoms with Crippen molar-refractivity contribution in [1.82, 2.24) is 20.9 Å². The van der Waals surface area contributed by atoms with Crippen LogP contribution in [0.3, 0.4) is 0 Å². The van der Waals surface area contributed by atoms with E-state index in [0.29, 0.717) is 12.0 Å². The van der Waals surface area contributed by atoms with Gasteiger partial charge in [0, 0.05) is 29.9 Å². The molecule has 5 atom stereocenters. The summed E-state index contributed by atoms with van der Waals surface area (Å²) in [5.74, 6) is -5.35. The van der Waals surface area contributed by atoms with Gasteiger partial charge in [-0.25, -0.2) is 4.79 Å². The number of rotatable bonds is 15. The number of aliphatic hydroxyl groups is 1. The monoisotopic (exact) mass is 533 g/mol. The summed E-state index contributed by atoms with van der Waals surface area (Å²) < 4.78 is 0. The number of hydrogen-bond donors (Lipinski definition) is 8. The van der Waals surface area contributed by atoms with Crippen molar-refractivity contribution in [3.63, 3.8) is 0 Å². The summed E-state index contributed by atoms with van der Waals surface area (Å²) in [7, 11) is 0. The number of aliphatic hydroxyl groups excluding tert-OH is 1. The number of amides is 3. The first-order valence-corrected chi connectivity index (χ1v) is 12.3. The predicted molar refractivity (Wildman–Crippen MR) is 137 cm³/mol. The molecule has 0 radical (unpaired) electrons. The van der Waals surface area contributed by atoms with Crippen LogP contribution < -0.4 is 21.7 Å².